The van der Waals surface area contributed by atoms with Gasteiger partial charge in [-0.2, -0.15) is 0 Å². The van der Waals surface area contributed by atoms with Crippen LogP contribution in [0.2, 0.25) is 0 Å². The second-order valence-corrected chi connectivity index (χ2v) is 6.99. The Bertz CT molecular complexity index is 235. The normalized spacial score (nSPS) is 34.7. The molecule has 0 aromatic rings. The van der Waals surface area contributed by atoms with Crippen LogP contribution in [0.15, 0.2) is 0 Å². The molecule has 1 aliphatic carbocycles. The van der Waals surface area contributed by atoms with Gasteiger partial charge in [-0.3, -0.25) is 4.90 Å². The molecule has 0 amide bonds. The molecule has 2 heteroatoms. The van der Waals surface area contributed by atoms with Crippen LogP contribution in [0.3, 0.4) is 0 Å². The van der Waals surface area contributed by atoms with E-state index in [1.165, 1.54) is 19.3 Å². The molecule has 2 unspecified atom stereocenters. The molecule has 0 heterocycles. The fraction of sp³-hybridized carbons (Fsp3) is 1.00. The molecule has 0 bridgehead atoms. The number of nitrogens with zero attached hydrogens (tertiary/aromatic N) is 1. The highest BCUT2D eigenvalue weighted by atomic mass is 15.2. The van der Waals surface area contributed by atoms with Crippen molar-refractivity contribution in [1.82, 2.24) is 4.90 Å². The maximum atomic E-state index is 6.12. The quantitative estimate of drug-likeness (QED) is 0.802. The molecule has 96 valence electrons. The van der Waals surface area contributed by atoms with Gasteiger partial charge >= 0.3 is 0 Å². The van der Waals surface area contributed by atoms with E-state index in [4.69, 9.17) is 5.73 Å². The second kappa shape index (κ2) is 4.66. The van der Waals surface area contributed by atoms with Crippen molar-refractivity contribution in [2.45, 2.75) is 65.5 Å². The third kappa shape index (κ3) is 2.78. The third-order valence-corrected chi connectivity index (χ3v) is 4.34. The molecule has 0 spiro atoms. The molecule has 1 rings (SSSR count). The topological polar surface area (TPSA) is 29.3 Å². The lowest BCUT2D eigenvalue weighted by molar-refractivity contribution is -0.0124. The summed E-state index contributed by atoms with van der Waals surface area (Å²) in [7, 11) is 2.24. The van der Waals surface area contributed by atoms with Crippen molar-refractivity contribution in [3.05, 3.63) is 0 Å². The Balaban J connectivity index is 2.94. The van der Waals surface area contributed by atoms with E-state index < -0.39 is 0 Å². The zero-order valence-corrected chi connectivity index (χ0v) is 12.0. The zero-order chi connectivity index (χ0) is 12.6. The summed E-state index contributed by atoms with van der Waals surface area (Å²) in [6, 6.07) is 0.574. The predicted molar refractivity (Wildman–Crippen MR) is 71.5 cm³/mol. The summed E-state index contributed by atoms with van der Waals surface area (Å²) in [5.41, 5.74) is 6.77. The molecule has 0 saturated heterocycles. The Kier molecular flexibility index (Phi) is 4.07. The molecule has 0 radical (unpaired) electrons. The summed E-state index contributed by atoms with van der Waals surface area (Å²) in [4.78, 5) is 2.50. The highest BCUT2D eigenvalue weighted by molar-refractivity contribution is 5.01. The summed E-state index contributed by atoms with van der Waals surface area (Å²) in [6.07, 6.45) is 3.82. The average Bonchev–Trinajstić information content (AvgIpc) is 2.13. The molecular weight excluding hydrogens is 196 g/mol. The van der Waals surface area contributed by atoms with Crippen molar-refractivity contribution in [3.8, 4) is 0 Å². The minimum atomic E-state index is 0.218. The van der Waals surface area contributed by atoms with Gasteiger partial charge in [-0.05, 0) is 51.5 Å². The Morgan fingerprint density at radius 3 is 2.25 bits per heavy atom. The molecule has 1 aliphatic rings. The minimum Gasteiger partial charge on any atom is -0.329 e. The van der Waals surface area contributed by atoms with E-state index in [1.54, 1.807) is 0 Å². The maximum Gasteiger partial charge on any atom is 0.0339 e. The summed E-state index contributed by atoms with van der Waals surface area (Å²) < 4.78 is 0. The van der Waals surface area contributed by atoms with Crippen LogP contribution >= 0.6 is 0 Å². The maximum absolute atomic E-state index is 6.12. The van der Waals surface area contributed by atoms with Gasteiger partial charge in [-0.15, -0.1) is 0 Å². The van der Waals surface area contributed by atoms with Crippen LogP contribution in [0.1, 0.15) is 53.9 Å². The molecule has 0 aliphatic heterocycles. The number of hydrogen-bond acceptors (Lipinski definition) is 2. The summed E-state index contributed by atoms with van der Waals surface area (Å²) >= 11 is 0. The summed E-state index contributed by atoms with van der Waals surface area (Å²) in [5, 5.41) is 0. The fourth-order valence-corrected chi connectivity index (χ4v) is 3.82. The average molecular weight is 226 g/mol. The first-order valence-electron chi connectivity index (χ1n) is 6.65. The molecular formula is C14H30N2. The van der Waals surface area contributed by atoms with Gasteiger partial charge in [0.2, 0.25) is 0 Å². The molecule has 0 aromatic carbocycles. The SMILES string of the molecule is CC1CC(C)(C)CC(CN)(N(C)C(C)C)C1. The predicted octanol–water partition coefficient (Wildman–Crippen LogP) is 2.87. The van der Waals surface area contributed by atoms with E-state index in [-0.39, 0.29) is 5.54 Å². The Labute approximate surface area is 102 Å². The van der Waals surface area contributed by atoms with Crippen molar-refractivity contribution in [2.24, 2.45) is 17.1 Å². The van der Waals surface area contributed by atoms with E-state index in [0.29, 0.717) is 11.5 Å². The van der Waals surface area contributed by atoms with Crippen molar-refractivity contribution in [2.75, 3.05) is 13.6 Å². The van der Waals surface area contributed by atoms with Crippen molar-refractivity contribution in [1.29, 1.82) is 0 Å². The molecule has 0 aromatic heterocycles. The van der Waals surface area contributed by atoms with Crippen LogP contribution in [0, 0.1) is 11.3 Å². The Hall–Kier alpha value is -0.0800. The van der Waals surface area contributed by atoms with Gasteiger partial charge in [-0.1, -0.05) is 20.8 Å². The van der Waals surface area contributed by atoms with Crippen LogP contribution in [0.4, 0.5) is 0 Å². The van der Waals surface area contributed by atoms with Gasteiger partial charge in [0.15, 0.2) is 0 Å². The molecule has 2 nitrogen and oxygen atoms in total. The van der Waals surface area contributed by atoms with Gasteiger partial charge in [0.05, 0.1) is 0 Å². The van der Waals surface area contributed by atoms with Crippen LogP contribution in [-0.4, -0.2) is 30.1 Å². The first-order valence-corrected chi connectivity index (χ1v) is 6.65. The number of likely N-dealkylation sites (N-methyl/N-ethyl adjacent to an activating group) is 1. The van der Waals surface area contributed by atoms with Crippen molar-refractivity contribution < 1.29 is 0 Å². The van der Waals surface area contributed by atoms with Gasteiger partial charge in [0, 0.05) is 18.1 Å². The van der Waals surface area contributed by atoms with Gasteiger partial charge in [-0.25, -0.2) is 0 Å². The highest BCUT2D eigenvalue weighted by Gasteiger charge is 2.44. The first kappa shape index (κ1) is 14.0. The zero-order valence-electron chi connectivity index (χ0n) is 12.0. The minimum absolute atomic E-state index is 0.218. The fourth-order valence-electron chi connectivity index (χ4n) is 3.82. The van der Waals surface area contributed by atoms with E-state index in [9.17, 15) is 0 Å². The first-order chi connectivity index (χ1) is 7.22. The summed E-state index contributed by atoms with van der Waals surface area (Å²) in [6.45, 7) is 12.5. The smallest absolute Gasteiger partial charge is 0.0339 e. The molecule has 2 N–H and O–H groups in total. The largest absolute Gasteiger partial charge is 0.329 e. The van der Waals surface area contributed by atoms with E-state index >= 15 is 0 Å². The second-order valence-electron chi connectivity index (χ2n) is 6.99. The third-order valence-electron chi connectivity index (χ3n) is 4.34. The van der Waals surface area contributed by atoms with E-state index in [2.05, 4.69) is 46.6 Å². The number of rotatable bonds is 3. The van der Waals surface area contributed by atoms with Crippen molar-refractivity contribution >= 4 is 0 Å². The molecule has 16 heavy (non-hydrogen) atoms. The Morgan fingerprint density at radius 1 is 1.31 bits per heavy atom. The van der Waals surface area contributed by atoms with Gasteiger partial charge in [0.1, 0.15) is 0 Å². The lowest BCUT2D eigenvalue weighted by atomic mass is 9.63. The lowest BCUT2D eigenvalue weighted by Crippen LogP contribution is -2.59. The van der Waals surface area contributed by atoms with E-state index in [0.717, 1.165) is 12.5 Å². The highest BCUT2D eigenvalue weighted by Crippen LogP contribution is 2.46. The number of hydrogen-bond donors (Lipinski definition) is 1. The van der Waals surface area contributed by atoms with Crippen LogP contribution in [-0.2, 0) is 0 Å². The standard InChI is InChI=1S/C14H30N2/c1-11(2)16(6)14(10-15)8-12(3)7-13(4,5)9-14/h11-12H,7-10,15H2,1-6H3. The van der Waals surface area contributed by atoms with E-state index in [1.807, 2.05) is 0 Å². The summed E-state index contributed by atoms with van der Waals surface area (Å²) in [5.74, 6) is 0.786. The monoisotopic (exact) mass is 226 g/mol. The van der Waals surface area contributed by atoms with Crippen LogP contribution in [0.25, 0.3) is 0 Å². The van der Waals surface area contributed by atoms with Crippen molar-refractivity contribution in [3.63, 3.8) is 0 Å². The molecule has 1 fully saturated rings. The van der Waals surface area contributed by atoms with Gasteiger partial charge in [0.25, 0.3) is 0 Å². The van der Waals surface area contributed by atoms with Crippen LogP contribution < -0.4 is 5.73 Å². The number of nitrogens with two attached hydrogens (primary N) is 1. The van der Waals surface area contributed by atoms with Gasteiger partial charge < -0.3 is 5.73 Å². The Morgan fingerprint density at radius 2 is 1.88 bits per heavy atom. The van der Waals surface area contributed by atoms with Crippen LogP contribution in [0.5, 0.6) is 0 Å². The molecule has 1 saturated carbocycles. The lowest BCUT2D eigenvalue weighted by Gasteiger charge is -2.53. The molecule has 2 atom stereocenters.